The monoisotopic (exact) mass is 618 g/mol. The zero-order chi connectivity index (χ0) is 26.4. The van der Waals surface area contributed by atoms with Gasteiger partial charge in [0.15, 0.2) is 11.5 Å². The summed E-state index contributed by atoms with van der Waals surface area (Å²) in [6.45, 7) is 0.354. The van der Waals surface area contributed by atoms with Gasteiger partial charge in [0, 0.05) is 0 Å². The van der Waals surface area contributed by atoms with Crippen LogP contribution >= 0.6 is 22.6 Å². The number of hydrogen-bond donors (Lipinski definition) is 1. The smallest absolute Gasteiger partial charge is 0.416 e. The average Bonchev–Trinajstić information content (AvgIpc) is 2.87. The molecule has 5 nitrogen and oxygen atoms in total. The molecule has 1 N–H and O–H groups in total. The van der Waals surface area contributed by atoms with Gasteiger partial charge in [0.25, 0.3) is 0 Å². The van der Waals surface area contributed by atoms with E-state index in [0.29, 0.717) is 23.7 Å². The van der Waals surface area contributed by atoms with Crippen LogP contribution in [-0.2, 0) is 24.0 Å². The maximum absolute atomic E-state index is 12.9. The van der Waals surface area contributed by atoms with Gasteiger partial charge in [-0.05, 0) is 68.3 Å². The van der Waals surface area contributed by atoms with Crippen LogP contribution < -0.4 is 14.9 Å². The van der Waals surface area contributed by atoms with E-state index in [9.17, 15) is 18.0 Å². The van der Waals surface area contributed by atoms with Gasteiger partial charge < -0.3 is 9.47 Å². The molecule has 0 bridgehead atoms. The lowest BCUT2D eigenvalue weighted by molar-refractivity contribution is -0.137. The van der Waals surface area contributed by atoms with E-state index < -0.39 is 17.6 Å². The zero-order valence-corrected chi connectivity index (χ0v) is 21.8. The molecular weight excluding hydrogens is 596 g/mol. The molecule has 0 aliphatic rings. The van der Waals surface area contributed by atoms with Crippen molar-refractivity contribution in [1.29, 1.82) is 0 Å². The van der Waals surface area contributed by atoms with Gasteiger partial charge in [0.1, 0.15) is 6.61 Å². The molecule has 0 saturated heterocycles. The highest BCUT2D eigenvalue weighted by molar-refractivity contribution is 14.1. The zero-order valence-electron chi connectivity index (χ0n) is 19.7. The minimum absolute atomic E-state index is 0.233. The van der Waals surface area contributed by atoms with E-state index in [0.717, 1.165) is 32.0 Å². The van der Waals surface area contributed by atoms with Crippen LogP contribution in [0.2, 0.25) is 0 Å². The summed E-state index contributed by atoms with van der Waals surface area (Å²) >= 11 is 2.14. The van der Waals surface area contributed by atoms with Gasteiger partial charge in [-0.2, -0.15) is 18.3 Å². The predicted molar refractivity (Wildman–Crippen MR) is 145 cm³/mol. The van der Waals surface area contributed by atoms with Crippen molar-refractivity contribution in [3.8, 4) is 11.5 Å². The van der Waals surface area contributed by atoms with Crippen LogP contribution in [0.3, 0.4) is 0 Å². The molecule has 0 saturated carbocycles. The van der Waals surface area contributed by atoms with Crippen molar-refractivity contribution in [3.63, 3.8) is 0 Å². The molecule has 190 valence electrons. The highest BCUT2D eigenvalue weighted by Crippen LogP contribution is 2.35. The SMILES string of the molecule is COc1cc(/C=N\NC(=O)Cc2cccc(C(F)(F)F)c2)cc(I)c1OCc1cccc2ccccc12. The van der Waals surface area contributed by atoms with Crippen LogP contribution in [0.1, 0.15) is 22.3 Å². The largest absolute Gasteiger partial charge is 0.493 e. The molecule has 4 aromatic rings. The molecule has 9 heteroatoms. The average molecular weight is 618 g/mol. The number of carbonyl (C=O) groups excluding carboxylic acids is 1. The Morgan fingerprint density at radius 1 is 1.03 bits per heavy atom. The molecule has 0 unspecified atom stereocenters. The number of nitrogens with zero attached hydrogens (tertiary/aromatic N) is 1. The van der Waals surface area contributed by atoms with Gasteiger partial charge >= 0.3 is 6.18 Å². The fourth-order valence-electron chi connectivity index (χ4n) is 3.78. The molecule has 1 amide bonds. The highest BCUT2D eigenvalue weighted by Gasteiger charge is 2.30. The summed E-state index contributed by atoms with van der Waals surface area (Å²) in [4.78, 5) is 12.2. The quantitative estimate of drug-likeness (QED) is 0.135. The Morgan fingerprint density at radius 3 is 2.57 bits per heavy atom. The molecule has 0 atom stereocenters. The third-order valence-corrected chi connectivity index (χ3v) is 6.33. The molecule has 4 rings (SSSR count). The van der Waals surface area contributed by atoms with Crippen LogP contribution in [0, 0.1) is 3.57 Å². The van der Waals surface area contributed by atoms with Crippen molar-refractivity contribution < 1.29 is 27.4 Å². The van der Waals surface area contributed by atoms with Crippen molar-refractivity contribution in [2.24, 2.45) is 5.10 Å². The minimum atomic E-state index is -4.47. The molecule has 0 spiro atoms. The number of alkyl halides is 3. The van der Waals surface area contributed by atoms with E-state index >= 15 is 0 Å². The second-order valence-electron chi connectivity index (χ2n) is 8.13. The van der Waals surface area contributed by atoms with Crippen LogP contribution in [0.25, 0.3) is 10.8 Å². The molecular formula is C28H22F3IN2O3. The van der Waals surface area contributed by atoms with E-state index in [4.69, 9.17) is 9.47 Å². The summed E-state index contributed by atoms with van der Waals surface area (Å²) in [6.07, 6.45) is -3.27. The number of benzene rings is 4. The Balaban J connectivity index is 1.41. The highest BCUT2D eigenvalue weighted by atomic mass is 127. The lowest BCUT2D eigenvalue weighted by Gasteiger charge is -2.14. The van der Waals surface area contributed by atoms with Crippen molar-refractivity contribution in [3.05, 3.63) is 105 Å². The standard InChI is InChI=1S/C28H22F3IN2O3/c1-36-25-14-19(16-33-34-26(35)15-18-6-4-10-22(12-18)28(29,30)31)13-24(32)27(25)37-17-21-9-5-8-20-7-2-3-11-23(20)21/h2-14,16H,15,17H2,1H3,(H,34,35)/b33-16-. The summed E-state index contributed by atoms with van der Waals surface area (Å²) in [5.74, 6) is 0.554. The molecule has 4 aromatic carbocycles. The summed E-state index contributed by atoms with van der Waals surface area (Å²) in [6, 6.07) is 22.3. The Labute approximate surface area is 225 Å². The number of methoxy groups -OCH3 is 1. The van der Waals surface area contributed by atoms with Crippen molar-refractivity contribution in [1.82, 2.24) is 5.43 Å². The third kappa shape index (κ3) is 6.79. The molecule has 37 heavy (non-hydrogen) atoms. The number of ether oxygens (including phenoxy) is 2. The van der Waals surface area contributed by atoms with Gasteiger partial charge in [0.05, 0.1) is 28.9 Å². The Morgan fingerprint density at radius 2 is 1.78 bits per heavy atom. The minimum Gasteiger partial charge on any atom is -0.493 e. The fraction of sp³-hybridized carbons (Fsp3) is 0.143. The van der Waals surface area contributed by atoms with Gasteiger partial charge in [-0.1, -0.05) is 60.7 Å². The number of halogens is 4. The maximum atomic E-state index is 12.9. The maximum Gasteiger partial charge on any atom is 0.416 e. The van der Waals surface area contributed by atoms with Crippen LogP contribution in [0.15, 0.2) is 84.0 Å². The first kappa shape index (κ1) is 26.5. The fourth-order valence-corrected chi connectivity index (χ4v) is 4.57. The third-order valence-electron chi connectivity index (χ3n) is 5.53. The number of rotatable bonds is 8. The molecule has 0 aromatic heterocycles. The Hall–Kier alpha value is -3.60. The molecule has 0 aliphatic heterocycles. The first-order valence-corrected chi connectivity index (χ1v) is 12.3. The van der Waals surface area contributed by atoms with Crippen LogP contribution in [0.4, 0.5) is 13.2 Å². The summed E-state index contributed by atoms with van der Waals surface area (Å²) in [5.41, 5.74) is 3.49. The number of carbonyl (C=O) groups is 1. The van der Waals surface area contributed by atoms with Crippen LogP contribution in [-0.4, -0.2) is 19.2 Å². The number of hydrazone groups is 1. The first-order chi connectivity index (χ1) is 17.7. The Bertz CT molecular complexity index is 1450. The molecule has 0 fully saturated rings. The van der Waals surface area contributed by atoms with Crippen LogP contribution in [0.5, 0.6) is 11.5 Å². The number of amides is 1. The lowest BCUT2D eigenvalue weighted by atomic mass is 10.1. The number of hydrogen-bond acceptors (Lipinski definition) is 4. The summed E-state index contributed by atoms with van der Waals surface area (Å²) in [7, 11) is 1.54. The first-order valence-electron chi connectivity index (χ1n) is 11.2. The van der Waals surface area contributed by atoms with E-state index in [2.05, 4.69) is 51.3 Å². The van der Waals surface area contributed by atoms with Gasteiger partial charge in [-0.3, -0.25) is 4.79 Å². The molecule has 0 radical (unpaired) electrons. The van der Waals surface area contributed by atoms with E-state index in [1.54, 1.807) is 6.07 Å². The predicted octanol–water partition coefficient (Wildman–Crippen LogP) is 6.74. The van der Waals surface area contributed by atoms with E-state index in [-0.39, 0.29) is 12.0 Å². The summed E-state index contributed by atoms with van der Waals surface area (Å²) in [5, 5.41) is 6.18. The normalized spacial score (nSPS) is 11.6. The molecule has 0 aliphatic carbocycles. The van der Waals surface area contributed by atoms with Gasteiger partial charge in [-0.25, -0.2) is 5.43 Å². The topological polar surface area (TPSA) is 59.9 Å². The van der Waals surface area contributed by atoms with Gasteiger partial charge in [0.2, 0.25) is 5.91 Å². The van der Waals surface area contributed by atoms with Crippen molar-refractivity contribution >= 4 is 45.5 Å². The second kappa shape index (κ2) is 11.6. The number of fused-ring (bicyclic) bond motifs is 1. The Kier molecular flexibility index (Phi) is 8.32. The van der Waals surface area contributed by atoms with Gasteiger partial charge in [-0.15, -0.1) is 0 Å². The number of nitrogens with one attached hydrogen (secondary N) is 1. The van der Waals surface area contributed by atoms with Crippen molar-refractivity contribution in [2.75, 3.05) is 7.11 Å². The molecule has 0 heterocycles. The van der Waals surface area contributed by atoms with E-state index in [1.165, 1.54) is 25.5 Å². The summed E-state index contributed by atoms with van der Waals surface area (Å²) < 4.78 is 51.0. The van der Waals surface area contributed by atoms with Crippen molar-refractivity contribution in [2.45, 2.75) is 19.2 Å². The second-order valence-corrected chi connectivity index (χ2v) is 9.29. The lowest BCUT2D eigenvalue weighted by Crippen LogP contribution is -2.20. The van der Waals surface area contributed by atoms with E-state index in [1.807, 2.05) is 30.3 Å².